The van der Waals surface area contributed by atoms with Crippen LogP contribution in [0.25, 0.3) is 0 Å². The molecule has 1 N–H and O–H groups in total. The molecule has 4 heteroatoms. The van der Waals surface area contributed by atoms with E-state index in [9.17, 15) is 8.78 Å². The fourth-order valence-corrected chi connectivity index (χ4v) is 1.34. The molecule has 2 atom stereocenters. The SMILES string of the molecule is CCC(C)NCC(C)Oc1ccc(F)cc1F. The van der Waals surface area contributed by atoms with Gasteiger partial charge in [0.1, 0.15) is 11.9 Å². The van der Waals surface area contributed by atoms with Crippen LogP contribution in [0.2, 0.25) is 0 Å². The largest absolute Gasteiger partial charge is 0.486 e. The second kappa shape index (κ2) is 6.55. The van der Waals surface area contributed by atoms with Crippen LogP contribution in [-0.4, -0.2) is 18.7 Å². The second-order valence-corrected chi connectivity index (χ2v) is 4.22. The third-order valence-corrected chi connectivity index (χ3v) is 2.59. The van der Waals surface area contributed by atoms with Crippen molar-refractivity contribution in [2.75, 3.05) is 6.54 Å². The molecule has 0 aliphatic carbocycles. The summed E-state index contributed by atoms with van der Waals surface area (Å²) in [6.45, 7) is 6.64. The topological polar surface area (TPSA) is 21.3 Å². The van der Waals surface area contributed by atoms with Gasteiger partial charge in [-0.2, -0.15) is 0 Å². The molecule has 0 radical (unpaired) electrons. The maximum absolute atomic E-state index is 13.3. The first kappa shape index (κ1) is 13.9. The van der Waals surface area contributed by atoms with E-state index in [1.54, 1.807) is 0 Å². The van der Waals surface area contributed by atoms with Gasteiger partial charge in [-0.05, 0) is 32.4 Å². The summed E-state index contributed by atoms with van der Waals surface area (Å²) >= 11 is 0. The highest BCUT2D eigenvalue weighted by atomic mass is 19.1. The lowest BCUT2D eigenvalue weighted by Crippen LogP contribution is -2.34. The quantitative estimate of drug-likeness (QED) is 0.828. The predicted octanol–water partition coefficient (Wildman–Crippen LogP) is 3.12. The monoisotopic (exact) mass is 243 g/mol. The van der Waals surface area contributed by atoms with Crippen molar-refractivity contribution >= 4 is 0 Å². The molecule has 0 bridgehead atoms. The van der Waals surface area contributed by atoms with E-state index in [0.717, 1.165) is 12.5 Å². The van der Waals surface area contributed by atoms with Crippen LogP contribution in [0.3, 0.4) is 0 Å². The summed E-state index contributed by atoms with van der Waals surface area (Å²) in [6.07, 6.45) is 0.862. The molecule has 0 heterocycles. The Hall–Kier alpha value is -1.16. The van der Waals surface area contributed by atoms with Crippen molar-refractivity contribution in [3.63, 3.8) is 0 Å². The third-order valence-electron chi connectivity index (χ3n) is 2.59. The van der Waals surface area contributed by atoms with Crippen LogP contribution < -0.4 is 10.1 Å². The van der Waals surface area contributed by atoms with Gasteiger partial charge in [0.15, 0.2) is 11.6 Å². The molecule has 0 amide bonds. The first-order valence-corrected chi connectivity index (χ1v) is 5.88. The Morgan fingerprint density at radius 1 is 1.29 bits per heavy atom. The van der Waals surface area contributed by atoms with Crippen molar-refractivity contribution in [2.24, 2.45) is 0 Å². The summed E-state index contributed by atoms with van der Waals surface area (Å²) in [7, 11) is 0. The normalized spacial score (nSPS) is 14.4. The lowest BCUT2D eigenvalue weighted by Gasteiger charge is -2.18. The number of hydrogen-bond donors (Lipinski definition) is 1. The standard InChI is InChI=1S/C13H19F2NO/c1-4-9(2)16-8-10(3)17-13-6-5-11(14)7-12(13)15/h5-7,9-10,16H,4,8H2,1-3H3. The van der Waals surface area contributed by atoms with E-state index in [0.29, 0.717) is 12.6 Å². The van der Waals surface area contributed by atoms with Crippen LogP contribution in [-0.2, 0) is 0 Å². The van der Waals surface area contributed by atoms with Gasteiger partial charge in [0.2, 0.25) is 0 Å². The number of hydrogen-bond acceptors (Lipinski definition) is 2. The van der Waals surface area contributed by atoms with E-state index in [4.69, 9.17) is 4.74 Å². The highest BCUT2D eigenvalue weighted by Gasteiger charge is 2.10. The minimum atomic E-state index is -0.666. The zero-order chi connectivity index (χ0) is 12.8. The average Bonchev–Trinajstić information content (AvgIpc) is 2.29. The summed E-state index contributed by atoms with van der Waals surface area (Å²) in [6, 6.07) is 3.72. The van der Waals surface area contributed by atoms with Gasteiger partial charge in [-0.1, -0.05) is 6.92 Å². The first-order chi connectivity index (χ1) is 8.02. The van der Waals surface area contributed by atoms with Crippen molar-refractivity contribution < 1.29 is 13.5 Å². The molecule has 0 aromatic heterocycles. The molecule has 0 fully saturated rings. The lowest BCUT2D eigenvalue weighted by molar-refractivity contribution is 0.202. The number of benzene rings is 1. The zero-order valence-electron chi connectivity index (χ0n) is 10.5. The van der Waals surface area contributed by atoms with Gasteiger partial charge in [-0.15, -0.1) is 0 Å². The highest BCUT2D eigenvalue weighted by molar-refractivity contribution is 5.24. The Kier molecular flexibility index (Phi) is 5.35. The third kappa shape index (κ3) is 4.69. The molecular formula is C13H19F2NO. The van der Waals surface area contributed by atoms with Crippen LogP contribution in [0.4, 0.5) is 8.78 Å². The van der Waals surface area contributed by atoms with E-state index in [1.807, 2.05) is 6.92 Å². The molecule has 96 valence electrons. The fraction of sp³-hybridized carbons (Fsp3) is 0.538. The van der Waals surface area contributed by atoms with Gasteiger partial charge in [0.25, 0.3) is 0 Å². The van der Waals surface area contributed by atoms with Gasteiger partial charge >= 0.3 is 0 Å². The molecule has 2 nitrogen and oxygen atoms in total. The molecule has 1 aromatic rings. The molecule has 1 aromatic carbocycles. The molecule has 2 unspecified atom stereocenters. The average molecular weight is 243 g/mol. The second-order valence-electron chi connectivity index (χ2n) is 4.22. The lowest BCUT2D eigenvalue weighted by atomic mass is 10.2. The molecule has 0 saturated carbocycles. The van der Waals surface area contributed by atoms with Gasteiger partial charge in [0, 0.05) is 18.7 Å². The molecule has 0 saturated heterocycles. The number of halogens is 2. The summed E-state index contributed by atoms with van der Waals surface area (Å²) in [5.74, 6) is -1.18. The zero-order valence-corrected chi connectivity index (χ0v) is 10.5. The van der Waals surface area contributed by atoms with Crippen molar-refractivity contribution in [2.45, 2.75) is 39.3 Å². The van der Waals surface area contributed by atoms with E-state index in [2.05, 4.69) is 19.2 Å². The van der Waals surface area contributed by atoms with Crippen LogP contribution in [0.1, 0.15) is 27.2 Å². The Balaban J connectivity index is 2.47. The molecule has 1 rings (SSSR count). The molecule has 0 aliphatic rings. The summed E-state index contributed by atoms with van der Waals surface area (Å²) in [5, 5.41) is 3.26. The Morgan fingerprint density at radius 3 is 2.59 bits per heavy atom. The number of rotatable bonds is 6. The number of nitrogens with one attached hydrogen (secondary N) is 1. The van der Waals surface area contributed by atoms with Crippen molar-refractivity contribution in [1.29, 1.82) is 0 Å². The van der Waals surface area contributed by atoms with Crippen molar-refractivity contribution in [1.82, 2.24) is 5.32 Å². The highest BCUT2D eigenvalue weighted by Crippen LogP contribution is 2.18. The Bertz CT molecular complexity index is 357. The van der Waals surface area contributed by atoms with Crippen molar-refractivity contribution in [3.05, 3.63) is 29.8 Å². The van der Waals surface area contributed by atoms with E-state index >= 15 is 0 Å². The molecule has 0 aliphatic heterocycles. The maximum atomic E-state index is 13.3. The van der Waals surface area contributed by atoms with Gasteiger partial charge in [-0.25, -0.2) is 8.78 Å². The van der Waals surface area contributed by atoms with Gasteiger partial charge in [0.05, 0.1) is 0 Å². The fourth-order valence-electron chi connectivity index (χ4n) is 1.34. The van der Waals surface area contributed by atoms with Gasteiger partial charge in [-0.3, -0.25) is 0 Å². The summed E-state index contributed by atoms with van der Waals surface area (Å²) in [5.41, 5.74) is 0. The minimum Gasteiger partial charge on any atom is -0.486 e. The molecule has 17 heavy (non-hydrogen) atoms. The Labute approximate surface area is 101 Å². The van der Waals surface area contributed by atoms with Crippen molar-refractivity contribution in [3.8, 4) is 5.75 Å². The van der Waals surface area contributed by atoms with Crippen LogP contribution in [0.15, 0.2) is 18.2 Å². The van der Waals surface area contributed by atoms with Crippen LogP contribution in [0.5, 0.6) is 5.75 Å². The van der Waals surface area contributed by atoms with Gasteiger partial charge < -0.3 is 10.1 Å². The molecule has 0 spiro atoms. The van der Waals surface area contributed by atoms with Crippen LogP contribution >= 0.6 is 0 Å². The Morgan fingerprint density at radius 2 is 2.00 bits per heavy atom. The predicted molar refractivity (Wildman–Crippen MR) is 64.2 cm³/mol. The summed E-state index contributed by atoms with van der Waals surface area (Å²) < 4.78 is 31.4. The first-order valence-electron chi connectivity index (χ1n) is 5.88. The van der Waals surface area contributed by atoms with E-state index < -0.39 is 11.6 Å². The molecular weight excluding hydrogens is 224 g/mol. The maximum Gasteiger partial charge on any atom is 0.167 e. The van der Waals surface area contributed by atoms with Crippen LogP contribution in [0, 0.1) is 11.6 Å². The minimum absolute atomic E-state index is 0.0878. The number of ether oxygens (including phenoxy) is 1. The van der Waals surface area contributed by atoms with E-state index in [-0.39, 0.29) is 11.9 Å². The smallest absolute Gasteiger partial charge is 0.167 e. The van der Waals surface area contributed by atoms with E-state index in [1.165, 1.54) is 12.1 Å². The summed E-state index contributed by atoms with van der Waals surface area (Å²) in [4.78, 5) is 0.